The van der Waals surface area contributed by atoms with Gasteiger partial charge in [-0.2, -0.15) is 0 Å². The van der Waals surface area contributed by atoms with E-state index in [1.807, 2.05) is 6.92 Å². The molecule has 2 N–H and O–H groups in total. The maximum Gasteiger partial charge on any atom is 0.0615 e. The predicted molar refractivity (Wildman–Crippen MR) is 60.2 cm³/mol. The average molecular weight is 197 g/mol. The van der Waals surface area contributed by atoms with E-state index in [4.69, 9.17) is 10.5 Å². The van der Waals surface area contributed by atoms with Gasteiger partial charge in [0.05, 0.1) is 12.7 Å². The second-order valence-corrected chi connectivity index (χ2v) is 4.40. The normalized spacial score (nSPS) is 27.6. The first kappa shape index (κ1) is 11.7. The van der Waals surface area contributed by atoms with Gasteiger partial charge in [0.15, 0.2) is 0 Å². The van der Waals surface area contributed by atoms with E-state index in [9.17, 15) is 0 Å². The molecule has 0 spiro atoms. The van der Waals surface area contributed by atoms with Crippen LogP contribution in [0.1, 0.15) is 39.0 Å². The molecule has 2 nitrogen and oxygen atoms in total. The number of rotatable bonds is 5. The third-order valence-electron chi connectivity index (χ3n) is 3.00. The number of hydrogen-bond donors (Lipinski definition) is 1. The summed E-state index contributed by atoms with van der Waals surface area (Å²) in [5.74, 6) is 0.592. The van der Waals surface area contributed by atoms with E-state index in [0.717, 1.165) is 19.6 Å². The van der Waals surface area contributed by atoms with E-state index >= 15 is 0 Å². The summed E-state index contributed by atoms with van der Waals surface area (Å²) in [4.78, 5) is 0. The van der Waals surface area contributed by atoms with Crippen molar-refractivity contribution in [3.8, 4) is 0 Å². The molecule has 2 atom stereocenters. The van der Waals surface area contributed by atoms with Gasteiger partial charge in [0.2, 0.25) is 0 Å². The summed E-state index contributed by atoms with van der Waals surface area (Å²) in [6, 6.07) is 0. The van der Waals surface area contributed by atoms with E-state index in [1.54, 1.807) is 0 Å². The third kappa shape index (κ3) is 3.81. The molecule has 1 rings (SSSR count). The van der Waals surface area contributed by atoms with Gasteiger partial charge < -0.3 is 10.5 Å². The van der Waals surface area contributed by atoms with Crippen LogP contribution >= 0.6 is 0 Å². The van der Waals surface area contributed by atoms with Gasteiger partial charge in [-0.15, -0.1) is 6.58 Å². The van der Waals surface area contributed by atoms with Crippen LogP contribution in [-0.4, -0.2) is 19.3 Å². The quantitative estimate of drug-likeness (QED) is 0.687. The highest BCUT2D eigenvalue weighted by molar-refractivity contribution is 4.87. The standard InChI is InChI=1S/C12H23NO/c1-10(2)7-8-14-12-6-4-3-5-11(12)9-13/h11-12H,1,3-9,13H2,2H3. The molecule has 0 bridgehead atoms. The molecule has 1 saturated carbocycles. The summed E-state index contributed by atoms with van der Waals surface area (Å²) in [5, 5.41) is 0. The van der Waals surface area contributed by atoms with Gasteiger partial charge in [0, 0.05) is 0 Å². The van der Waals surface area contributed by atoms with Crippen LogP contribution in [0, 0.1) is 5.92 Å². The summed E-state index contributed by atoms with van der Waals surface area (Å²) in [7, 11) is 0. The van der Waals surface area contributed by atoms with Crippen molar-refractivity contribution < 1.29 is 4.74 Å². The Bertz CT molecular complexity index is 179. The molecule has 1 aliphatic carbocycles. The molecular weight excluding hydrogens is 174 g/mol. The lowest BCUT2D eigenvalue weighted by molar-refractivity contribution is -0.00627. The molecule has 0 aromatic carbocycles. The van der Waals surface area contributed by atoms with Gasteiger partial charge in [-0.1, -0.05) is 18.4 Å². The number of ether oxygens (including phenoxy) is 1. The molecule has 14 heavy (non-hydrogen) atoms. The smallest absolute Gasteiger partial charge is 0.0615 e. The zero-order valence-corrected chi connectivity index (χ0v) is 9.30. The molecule has 0 heterocycles. The van der Waals surface area contributed by atoms with Crippen molar-refractivity contribution >= 4 is 0 Å². The minimum atomic E-state index is 0.410. The van der Waals surface area contributed by atoms with Crippen LogP contribution in [0.25, 0.3) is 0 Å². The van der Waals surface area contributed by atoms with Gasteiger partial charge in [0.1, 0.15) is 0 Å². The van der Waals surface area contributed by atoms with Crippen molar-refractivity contribution in [1.82, 2.24) is 0 Å². The number of nitrogens with two attached hydrogens (primary N) is 1. The highest BCUT2D eigenvalue weighted by Crippen LogP contribution is 2.26. The van der Waals surface area contributed by atoms with Crippen LogP contribution in [0.2, 0.25) is 0 Å². The maximum atomic E-state index is 5.86. The predicted octanol–water partition coefficient (Wildman–Crippen LogP) is 2.49. The second kappa shape index (κ2) is 6.20. The van der Waals surface area contributed by atoms with Crippen LogP contribution in [-0.2, 0) is 4.74 Å². The lowest BCUT2D eigenvalue weighted by Gasteiger charge is -2.30. The largest absolute Gasteiger partial charge is 0.378 e. The van der Waals surface area contributed by atoms with E-state index < -0.39 is 0 Å². The monoisotopic (exact) mass is 197 g/mol. The Morgan fingerprint density at radius 3 is 2.79 bits per heavy atom. The second-order valence-electron chi connectivity index (χ2n) is 4.40. The zero-order chi connectivity index (χ0) is 10.4. The summed E-state index contributed by atoms with van der Waals surface area (Å²) in [6.45, 7) is 7.51. The Hall–Kier alpha value is -0.340. The van der Waals surface area contributed by atoms with Crippen molar-refractivity contribution in [2.75, 3.05) is 13.2 Å². The summed E-state index contributed by atoms with van der Waals surface area (Å²) in [6.07, 6.45) is 6.45. The molecule has 0 aromatic rings. The Balaban J connectivity index is 2.22. The molecule has 0 aliphatic heterocycles. The highest BCUT2D eigenvalue weighted by atomic mass is 16.5. The Kier molecular flexibility index (Phi) is 5.20. The molecule has 2 unspecified atom stereocenters. The highest BCUT2D eigenvalue weighted by Gasteiger charge is 2.24. The van der Waals surface area contributed by atoms with E-state index in [2.05, 4.69) is 6.58 Å². The molecule has 0 aromatic heterocycles. The van der Waals surface area contributed by atoms with Gasteiger partial charge in [-0.3, -0.25) is 0 Å². The summed E-state index contributed by atoms with van der Waals surface area (Å²) < 4.78 is 5.86. The van der Waals surface area contributed by atoms with Crippen molar-refractivity contribution in [2.24, 2.45) is 11.7 Å². The molecule has 82 valence electrons. The van der Waals surface area contributed by atoms with Gasteiger partial charge in [-0.25, -0.2) is 0 Å². The first-order chi connectivity index (χ1) is 6.74. The Morgan fingerprint density at radius 2 is 2.14 bits per heavy atom. The van der Waals surface area contributed by atoms with Gasteiger partial charge in [-0.05, 0) is 38.6 Å². The number of hydrogen-bond acceptors (Lipinski definition) is 2. The SMILES string of the molecule is C=C(C)CCOC1CCCCC1CN. The minimum Gasteiger partial charge on any atom is -0.378 e. The fraction of sp³-hybridized carbons (Fsp3) is 0.833. The molecule has 2 heteroatoms. The maximum absolute atomic E-state index is 5.86. The van der Waals surface area contributed by atoms with E-state index in [-0.39, 0.29) is 0 Å². The van der Waals surface area contributed by atoms with Gasteiger partial charge >= 0.3 is 0 Å². The summed E-state index contributed by atoms with van der Waals surface area (Å²) >= 11 is 0. The first-order valence-electron chi connectivity index (χ1n) is 5.70. The summed E-state index contributed by atoms with van der Waals surface area (Å²) in [5.41, 5.74) is 6.93. The Morgan fingerprint density at radius 1 is 1.43 bits per heavy atom. The zero-order valence-electron chi connectivity index (χ0n) is 9.30. The first-order valence-corrected chi connectivity index (χ1v) is 5.70. The molecule has 0 amide bonds. The van der Waals surface area contributed by atoms with Gasteiger partial charge in [0.25, 0.3) is 0 Å². The van der Waals surface area contributed by atoms with Crippen LogP contribution in [0.15, 0.2) is 12.2 Å². The topological polar surface area (TPSA) is 35.2 Å². The third-order valence-corrected chi connectivity index (χ3v) is 3.00. The molecular formula is C12H23NO. The fourth-order valence-corrected chi connectivity index (χ4v) is 2.05. The van der Waals surface area contributed by atoms with Crippen LogP contribution in [0.4, 0.5) is 0 Å². The van der Waals surface area contributed by atoms with E-state index in [1.165, 1.54) is 31.3 Å². The fourth-order valence-electron chi connectivity index (χ4n) is 2.05. The molecule has 1 fully saturated rings. The van der Waals surface area contributed by atoms with Crippen LogP contribution in [0.5, 0.6) is 0 Å². The lowest BCUT2D eigenvalue weighted by atomic mass is 9.86. The molecule has 1 aliphatic rings. The Labute approximate surface area is 87.5 Å². The lowest BCUT2D eigenvalue weighted by Crippen LogP contribution is -2.33. The van der Waals surface area contributed by atoms with Crippen LogP contribution < -0.4 is 5.73 Å². The van der Waals surface area contributed by atoms with Crippen LogP contribution in [0.3, 0.4) is 0 Å². The van der Waals surface area contributed by atoms with Crippen molar-refractivity contribution in [3.63, 3.8) is 0 Å². The van der Waals surface area contributed by atoms with Crippen molar-refractivity contribution in [1.29, 1.82) is 0 Å². The van der Waals surface area contributed by atoms with Crippen molar-refractivity contribution in [3.05, 3.63) is 12.2 Å². The minimum absolute atomic E-state index is 0.410. The van der Waals surface area contributed by atoms with E-state index in [0.29, 0.717) is 12.0 Å². The molecule has 0 radical (unpaired) electrons. The molecule has 0 saturated heterocycles. The average Bonchev–Trinajstić information content (AvgIpc) is 2.18. The van der Waals surface area contributed by atoms with Crippen molar-refractivity contribution in [2.45, 2.75) is 45.1 Å².